The van der Waals surface area contributed by atoms with Crippen LogP contribution in [0.15, 0.2) is 54.6 Å². The third kappa shape index (κ3) is 13.9. The molecule has 13 nitrogen and oxygen atoms in total. The quantitative estimate of drug-likeness (QED) is 0.103. The number of rotatable bonds is 19. The molecule has 0 aliphatic heterocycles. The van der Waals surface area contributed by atoms with E-state index >= 15 is 0 Å². The van der Waals surface area contributed by atoms with Gasteiger partial charge < -0.3 is 31.9 Å². The first-order valence-electron chi connectivity index (χ1n) is 15.0. The van der Waals surface area contributed by atoms with E-state index in [0.717, 1.165) is 5.56 Å². The first kappa shape index (κ1) is 38.0. The monoisotopic (exact) mass is 659 g/mol. The van der Waals surface area contributed by atoms with E-state index in [1.54, 1.807) is 36.4 Å². The van der Waals surface area contributed by atoms with Crippen LogP contribution < -0.4 is 22.1 Å². The topological polar surface area (TPSA) is 211 Å². The summed E-state index contributed by atoms with van der Waals surface area (Å²) in [4.78, 5) is 65.3. The van der Waals surface area contributed by atoms with E-state index in [2.05, 4.69) is 15.4 Å². The van der Waals surface area contributed by atoms with Gasteiger partial charge in [0.25, 0.3) is 0 Å². The van der Waals surface area contributed by atoms with E-state index in [-0.39, 0.29) is 43.2 Å². The van der Waals surface area contributed by atoms with Crippen molar-refractivity contribution in [3.63, 3.8) is 0 Å². The van der Waals surface area contributed by atoms with E-state index in [4.69, 9.17) is 11.5 Å². The minimum absolute atomic E-state index is 0.0113. The molecule has 2 aromatic carbocycles. The molecule has 1 unspecified atom stereocenters. The third-order valence-corrected chi connectivity index (χ3v) is 7.91. The molecule has 2 rings (SSSR count). The number of benzene rings is 2. The Morgan fingerprint density at radius 1 is 0.891 bits per heavy atom. The summed E-state index contributed by atoms with van der Waals surface area (Å²) >= 11 is 0. The predicted molar refractivity (Wildman–Crippen MR) is 174 cm³/mol. The zero-order valence-corrected chi connectivity index (χ0v) is 27.1. The van der Waals surface area contributed by atoms with Gasteiger partial charge in [-0.3, -0.25) is 33.1 Å². The number of nitrogens with zero attached hydrogens (tertiary/aromatic N) is 1. The number of hydrogen-bond donors (Lipinski definition) is 5. The molecule has 0 aromatic heterocycles. The van der Waals surface area contributed by atoms with Gasteiger partial charge in [-0.25, -0.2) is 0 Å². The average Bonchev–Trinajstić information content (AvgIpc) is 3.04. The summed E-state index contributed by atoms with van der Waals surface area (Å²) in [5.74, 6) is -3.10. The minimum Gasteiger partial charge on any atom is -0.508 e. The molecule has 4 amide bonds. The zero-order chi connectivity index (χ0) is 34.1. The lowest BCUT2D eigenvalue weighted by Gasteiger charge is -2.27. The number of aromatic hydroxyl groups is 1. The number of hydrogen-bond acceptors (Lipinski definition) is 10. The third-order valence-electron chi connectivity index (χ3n) is 7.10. The van der Waals surface area contributed by atoms with Gasteiger partial charge in [-0.1, -0.05) is 48.9 Å². The molecule has 0 aliphatic carbocycles. The smallest absolute Gasteiger partial charge is 0.305 e. The second-order valence-corrected chi connectivity index (χ2v) is 12.5. The fraction of sp³-hybridized carbons (Fsp3) is 0.469. The van der Waals surface area contributed by atoms with E-state index in [1.165, 1.54) is 25.5 Å². The predicted octanol–water partition coefficient (Wildman–Crippen LogP) is 0.290. The Morgan fingerprint density at radius 3 is 2.15 bits per heavy atom. The van der Waals surface area contributed by atoms with E-state index in [0.29, 0.717) is 36.3 Å². The summed E-state index contributed by atoms with van der Waals surface area (Å²) in [5, 5.41) is 15.0. The van der Waals surface area contributed by atoms with Crippen molar-refractivity contribution in [2.75, 3.05) is 32.2 Å². The molecule has 4 atom stereocenters. The summed E-state index contributed by atoms with van der Waals surface area (Å²) in [5.41, 5.74) is 13.6. The normalized spacial score (nSPS) is 13.5. The number of unbranched alkanes of at least 4 members (excludes halogenated alkanes) is 2. The lowest BCUT2D eigenvalue weighted by Crippen LogP contribution is -2.57. The first-order chi connectivity index (χ1) is 21.9. The Hall–Kier alpha value is -4.14. The maximum absolute atomic E-state index is 13.5. The molecular formula is C32H45N5O8S. The van der Waals surface area contributed by atoms with Crippen LogP contribution in [0.3, 0.4) is 0 Å². The van der Waals surface area contributed by atoms with Crippen LogP contribution in [0.5, 0.6) is 5.75 Å². The molecule has 0 saturated carbocycles. The molecule has 2 aromatic rings. The van der Waals surface area contributed by atoms with Gasteiger partial charge in [-0.05, 0) is 48.9 Å². The molecule has 0 saturated heterocycles. The first-order valence-corrected chi connectivity index (χ1v) is 16.8. The average molecular weight is 660 g/mol. The van der Waals surface area contributed by atoms with Crippen LogP contribution in [0.25, 0.3) is 0 Å². The van der Waals surface area contributed by atoms with Crippen LogP contribution in [0.2, 0.25) is 0 Å². The van der Waals surface area contributed by atoms with Crippen molar-refractivity contribution in [3.05, 3.63) is 65.7 Å². The molecule has 0 radical (unpaired) electrons. The number of methoxy groups -OCH3 is 1. The summed E-state index contributed by atoms with van der Waals surface area (Å²) in [6, 6.07) is 11.6. The van der Waals surface area contributed by atoms with Crippen LogP contribution in [0, 0.1) is 0 Å². The van der Waals surface area contributed by atoms with E-state index < -0.39 is 59.1 Å². The van der Waals surface area contributed by atoms with Gasteiger partial charge in [-0.2, -0.15) is 0 Å². The fourth-order valence-electron chi connectivity index (χ4n) is 4.51. The number of amides is 4. The van der Waals surface area contributed by atoms with E-state index in [1.807, 2.05) is 6.07 Å². The van der Waals surface area contributed by atoms with Crippen molar-refractivity contribution in [2.45, 2.75) is 63.1 Å². The Bertz CT molecular complexity index is 1330. The molecule has 0 aliphatic rings. The summed E-state index contributed by atoms with van der Waals surface area (Å²) in [7, 11) is 0.0841. The minimum atomic E-state index is -1.24. The van der Waals surface area contributed by atoms with Crippen molar-refractivity contribution in [1.29, 1.82) is 0 Å². The highest BCUT2D eigenvalue weighted by molar-refractivity contribution is 7.84. The van der Waals surface area contributed by atoms with Crippen molar-refractivity contribution in [3.8, 4) is 5.75 Å². The van der Waals surface area contributed by atoms with Crippen LogP contribution in [0.1, 0.15) is 43.2 Å². The molecular weight excluding hydrogens is 614 g/mol. The van der Waals surface area contributed by atoms with Gasteiger partial charge in [0.2, 0.25) is 23.6 Å². The largest absolute Gasteiger partial charge is 0.508 e. The van der Waals surface area contributed by atoms with Crippen LogP contribution in [-0.2, 0) is 52.4 Å². The Balaban J connectivity index is 2.17. The molecule has 46 heavy (non-hydrogen) atoms. The fourth-order valence-corrected chi connectivity index (χ4v) is 5.09. The number of ether oxygens (including phenoxy) is 1. The highest BCUT2D eigenvalue weighted by atomic mass is 32.2. The molecule has 7 N–H and O–H groups in total. The summed E-state index contributed by atoms with van der Waals surface area (Å²) in [6.07, 6.45) is 3.80. The molecule has 14 heteroatoms. The number of imide groups is 1. The van der Waals surface area contributed by atoms with Crippen LogP contribution in [0.4, 0.5) is 0 Å². The van der Waals surface area contributed by atoms with Gasteiger partial charge >= 0.3 is 5.97 Å². The van der Waals surface area contributed by atoms with Gasteiger partial charge in [0.05, 0.1) is 19.2 Å². The Kier molecular flexibility index (Phi) is 16.6. The van der Waals surface area contributed by atoms with Gasteiger partial charge in [0, 0.05) is 42.2 Å². The highest BCUT2D eigenvalue weighted by Gasteiger charge is 2.33. The number of esters is 1. The molecule has 252 valence electrons. The Labute approximate surface area is 271 Å². The van der Waals surface area contributed by atoms with E-state index in [9.17, 15) is 33.3 Å². The number of nitrogens with two attached hydrogens (primary N) is 2. The van der Waals surface area contributed by atoms with Crippen LogP contribution >= 0.6 is 0 Å². The number of phenolic OH excluding ortho intramolecular Hbond substituents is 1. The van der Waals surface area contributed by atoms with Crippen molar-refractivity contribution in [2.24, 2.45) is 11.5 Å². The van der Waals surface area contributed by atoms with Crippen LogP contribution in [-0.4, -0.2) is 94.1 Å². The van der Waals surface area contributed by atoms with Gasteiger partial charge in [0.1, 0.15) is 18.3 Å². The molecule has 0 bridgehead atoms. The maximum atomic E-state index is 13.5. The zero-order valence-electron chi connectivity index (χ0n) is 26.3. The lowest BCUT2D eigenvalue weighted by molar-refractivity contribution is -0.149. The van der Waals surface area contributed by atoms with Gasteiger partial charge in [0.15, 0.2) is 0 Å². The lowest BCUT2D eigenvalue weighted by atomic mass is 10.0. The molecule has 0 heterocycles. The molecule has 0 fully saturated rings. The second-order valence-electron chi connectivity index (χ2n) is 10.9. The summed E-state index contributed by atoms with van der Waals surface area (Å²) in [6.45, 7) is -0.431. The SMILES string of the molecule is COC(=O)CCCCCNC(=O)[C@H](Cc1ccccc1)NC(=O)CN(C(=O)[C@H](N)CCS(C)=O)C(=O)[C@@H](N)Cc1ccc(O)cc1. The highest BCUT2D eigenvalue weighted by Crippen LogP contribution is 2.13. The Morgan fingerprint density at radius 2 is 1.52 bits per heavy atom. The van der Waals surface area contributed by atoms with Crippen molar-refractivity contribution < 1.29 is 38.0 Å². The van der Waals surface area contributed by atoms with Crippen molar-refractivity contribution in [1.82, 2.24) is 15.5 Å². The standard InChI is InChI=1S/C32H45N5O8S/c1-45-29(40)11-7-4-8-17-35-30(41)27(20-22-9-5-3-6-10-22)36-28(39)21-37(31(42)25(33)16-18-46(2)44)32(43)26(34)19-23-12-14-24(38)15-13-23/h3,5-6,9-10,12-15,25-27,38H,4,7-8,11,16-21,33-34H2,1-2H3,(H,35,41)(H,36,39)/t25-,26+,27+,46?/m1/s1. The van der Waals surface area contributed by atoms with Crippen molar-refractivity contribution >= 4 is 40.4 Å². The van der Waals surface area contributed by atoms with Gasteiger partial charge in [-0.15, -0.1) is 0 Å². The summed E-state index contributed by atoms with van der Waals surface area (Å²) < 4.78 is 16.2. The number of carbonyl (C=O) groups is 5. The maximum Gasteiger partial charge on any atom is 0.305 e. The second kappa shape index (κ2) is 20.1. The number of carbonyl (C=O) groups excluding carboxylic acids is 5. The number of nitrogens with one attached hydrogen (secondary N) is 2. The number of phenols is 1. The molecule has 0 spiro atoms.